The Morgan fingerprint density at radius 3 is 2.52 bits per heavy atom. The normalized spacial score (nSPS) is 10.7. The van der Waals surface area contributed by atoms with Crippen molar-refractivity contribution in [3.63, 3.8) is 0 Å². The second-order valence-electron chi connectivity index (χ2n) is 5.36. The van der Waals surface area contributed by atoms with Crippen LogP contribution in [-0.4, -0.2) is 28.2 Å². The van der Waals surface area contributed by atoms with Crippen LogP contribution in [0.3, 0.4) is 0 Å². The molecule has 138 valence electrons. The fraction of sp³-hybridized carbons (Fsp3) is 0.111. The summed E-state index contributed by atoms with van der Waals surface area (Å²) in [5.74, 6) is -1.29. The number of carbonyl (C=O) groups is 1. The topological polar surface area (TPSA) is 146 Å². The lowest BCUT2D eigenvalue weighted by molar-refractivity contribution is -0.385. The molecular formula is C18H15N3O6. The van der Waals surface area contributed by atoms with E-state index in [-0.39, 0.29) is 17.7 Å². The molecule has 1 amide bonds. The van der Waals surface area contributed by atoms with Gasteiger partial charge in [0.1, 0.15) is 23.1 Å². The van der Waals surface area contributed by atoms with Gasteiger partial charge in [0.05, 0.1) is 12.0 Å². The molecule has 0 radical (unpaired) electrons. The van der Waals surface area contributed by atoms with E-state index in [4.69, 9.17) is 4.74 Å². The standard InChI is InChI=1S/C18H15N3O6/c1-27-14-4-2-11(3-5-14)10-20-18(24)13(9-19)6-12-7-15(21(25)26)17(23)8-16(12)22/h2-8,22-23H,10H2,1H3,(H,20,24)/b13-6-. The van der Waals surface area contributed by atoms with Gasteiger partial charge in [0.25, 0.3) is 5.91 Å². The van der Waals surface area contributed by atoms with E-state index in [9.17, 15) is 30.4 Å². The highest BCUT2D eigenvalue weighted by molar-refractivity contribution is 6.02. The predicted molar refractivity (Wildman–Crippen MR) is 94.9 cm³/mol. The molecule has 0 aromatic heterocycles. The van der Waals surface area contributed by atoms with Gasteiger partial charge in [0, 0.05) is 24.2 Å². The van der Waals surface area contributed by atoms with Crippen molar-refractivity contribution in [2.75, 3.05) is 7.11 Å². The number of phenolic OH excluding ortho intramolecular Hbond substituents is 2. The van der Waals surface area contributed by atoms with Gasteiger partial charge in [0.2, 0.25) is 0 Å². The number of phenols is 2. The average molecular weight is 369 g/mol. The minimum atomic E-state index is -0.845. The van der Waals surface area contributed by atoms with Crippen molar-refractivity contribution in [1.82, 2.24) is 5.32 Å². The number of carbonyl (C=O) groups excluding carboxylic acids is 1. The number of hydrogen-bond acceptors (Lipinski definition) is 7. The Balaban J connectivity index is 2.20. The molecule has 0 fully saturated rings. The maximum atomic E-state index is 12.2. The van der Waals surface area contributed by atoms with Gasteiger partial charge in [-0.15, -0.1) is 0 Å². The molecule has 3 N–H and O–H groups in total. The van der Waals surface area contributed by atoms with Gasteiger partial charge >= 0.3 is 5.69 Å². The molecule has 2 aromatic carbocycles. The van der Waals surface area contributed by atoms with Crippen LogP contribution >= 0.6 is 0 Å². The van der Waals surface area contributed by atoms with E-state index in [1.807, 2.05) is 0 Å². The van der Waals surface area contributed by atoms with Crippen LogP contribution in [0.1, 0.15) is 11.1 Å². The Hall–Kier alpha value is -4.06. The number of nitrogens with one attached hydrogen (secondary N) is 1. The number of rotatable bonds is 6. The third-order valence-corrected chi connectivity index (χ3v) is 3.60. The Bertz CT molecular complexity index is 945. The average Bonchev–Trinajstić information content (AvgIpc) is 2.65. The zero-order chi connectivity index (χ0) is 20.0. The molecule has 0 saturated carbocycles. The number of nitriles is 1. The van der Waals surface area contributed by atoms with Gasteiger partial charge in [-0.05, 0) is 23.8 Å². The molecule has 0 saturated heterocycles. The highest BCUT2D eigenvalue weighted by Crippen LogP contribution is 2.34. The summed E-state index contributed by atoms with van der Waals surface area (Å²) in [4.78, 5) is 22.2. The third-order valence-electron chi connectivity index (χ3n) is 3.60. The molecule has 0 bridgehead atoms. The molecule has 27 heavy (non-hydrogen) atoms. The van der Waals surface area contributed by atoms with Gasteiger partial charge in [-0.1, -0.05) is 12.1 Å². The van der Waals surface area contributed by atoms with E-state index in [0.29, 0.717) is 5.75 Å². The number of nitro benzene ring substituents is 1. The fourth-order valence-corrected chi connectivity index (χ4v) is 2.17. The SMILES string of the molecule is COc1ccc(CNC(=O)/C(C#N)=C\c2cc([N+](=O)[O-])c(O)cc2O)cc1. The maximum Gasteiger partial charge on any atom is 0.311 e. The molecular weight excluding hydrogens is 354 g/mol. The van der Waals surface area contributed by atoms with E-state index >= 15 is 0 Å². The molecule has 0 aliphatic carbocycles. The lowest BCUT2D eigenvalue weighted by Gasteiger charge is -2.06. The lowest BCUT2D eigenvalue weighted by atomic mass is 10.1. The smallest absolute Gasteiger partial charge is 0.311 e. The molecule has 2 rings (SSSR count). The van der Waals surface area contributed by atoms with Crippen molar-refractivity contribution >= 4 is 17.7 Å². The first-order valence-electron chi connectivity index (χ1n) is 7.59. The zero-order valence-corrected chi connectivity index (χ0v) is 14.2. The van der Waals surface area contributed by atoms with Crippen LogP contribution in [0.25, 0.3) is 6.08 Å². The summed E-state index contributed by atoms with van der Waals surface area (Å²) in [6.45, 7) is 0.142. The van der Waals surface area contributed by atoms with Crippen LogP contribution in [0.5, 0.6) is 17.2 Å². The molecule has 0 aliphatic rings. The maximum absolute atomic E-state index is 12.2. The number of hydrogen-bond donors (Lipinski definition) is 3. The van der Waals surface area contributed by atoms with Gasteiger partial charge in [-0.3, -0.25) is 14.9 Å². The fourth-order valence-electron chi connectivity index (χ4n) is 2.17. The molecule has 9 nitrogen and oxygen atoms in total. The predicted octanol–water partition coefficient (Wildman–Crippen LogP) is 2.24. The second kappa shape index (κ2) is 8.35. The van der Waals surface area contributed by atoms with Gasteiger partial charge in [-0.25, -0.2) is 0 Å². The van der Waals surface area contributed by atoms with E-state index in [1.54, 1.807) is 30.3 Å². The number of amides is 1. The Labute approximate surface area is 153 Å². The minimum absolute atomic E-state index is 0.142. The first-order chi connectivity index (χ1) is 12.8. The number of nitrogens with zero attached hydrogens (tertiary/aromatic N) is 2. The quantitative estimate of drug-likeness (QED) is 0.306. The van der Waals surface area contributed by atoms with Crippen molar-refractivity contribution in [1.29, 1.82) is 5.26 Å². The minimum Gasteiger partial charge on any atom is -0.507 e. The Kier molecular flexibility index (Phi) is 5.96. The van der Waals surface area contributed by atoms with Crippen LogP contribution in [0.2, 0.25) is 0 Å². The van der Waals surface area contributed by atoms with Gasteiger partial charge in [0.15, 0.2) is 5.75 Å². The summed E-state index contributed by atoms with van der Waals surface area (Å²) in [5.41, 5.74) is -0.394. The van der Waals surface area contributed by atoms with E-state index in [2.05, 4.69) is 5.32 Å². The lowest BCUT2D eigenvalue weighted by Crippen LogP contribution is -2.23. The summed E-state index contributed by atoms with van der Waals surface area (Å²) >= 11 is 0. The van der Waals surface area contributed by atoms with Crippen molar-refractivity contribution in [2.24, 2.45) is 0 Å². The van der Waals surface area contributed by atoms with Gasteiger partial charge in [-0.2, -0.15) is 5.26 Å². The van der Waals surface area contributed by atoms with Crippen molar-refractivity contribution < 1.29 is 24.7 Å². The molecule has 0 atom stereocenters. The monoisotopic (exact) mass is 369 g/mol. The summed E-state index contributed by atoms with van der Waals surface area (Å²) < 4.78 is 5.03. The molecule has 9 heteroatoms. The first kappa shape index (κ1) is 19.3. The van der Waals surface area contributed by atoms with Crippen molar-refractivity contribution in [3.05, 3.63) is 63.2 Å². The van der Waals surface area contributed by atoms with Crippen molar-refractivity contribution in [3.8, 4) is 23.3 Å². The Morgan fingerprint density at radius 2 is 1.96 bits per heavy atom. The van der Waals surface area contributed by atoms with Crippen LogP contribution in [0.15, 0.2) is 42.0 Å². The van der Waals surface area contributed by atoms with Crippen LogP contribution in [0.4, 0.5) is 5.69 Å². The number of benzene rings is 2. The van der Waals surface area contributed by atoms with Crippen molar-refractivity contribution in [2.45, 2.75) is 6.54 Å². The third kappa shape index (κ3) is 4.73. The highest BCUT2D eigenvalue weighted by Gasteiger charge is 2.18. The molecule has 2 aromatic rings. The number of ether oxygens (including phenoxy) is 1. The van der Waals surface area contributed by atoms with Crippen LogP contribution < -0.4 is 10.1 Å². The summed E-state index contributed by atoms with van der Waals surface area (Å²) in [6, 6.07) is 10.2. The van der Waals surface area contributed by atoms with E-state index in [1.165, 1.54) is 7.11 Å². The second-order valence-corrected chi connectivity index (χ2v) is 5.36. The molecule has 0 aliphatic heterocycles. The van der Waals surface area contributed by atoms with Crippen LogP contribution in [-0.2, 0) is 11.3 Å². The number of nitro groups is 1. The number of methoxy groups -OCH3 is 1. The summed E-state index contributed by atoms with van der Waals surface area (Å²) in [6.07, 6.45) is 1.01. The van der Waals surface area contributed by atoms with Gasteiger partial charge < -0.3 is 20.3 Å². The Morgan fingerprint density at radius 1 is 1.30 bits per heavy atom. The molecule has 0 spiro atoms. The van der Waals surface area contributed by atoms with Crippen LogP contribution in [0, 0.1) is 21.4 Å². The summed E-state index contributed by atoms with van der Waals surface area (Å²) in [7, 11) is 1.53. The number of aromatic hydroxyl groups is 2. The first-order valence-corrected chi connectivity index (χ1v) is 7.59. The molecule has 0 unspecified atom stereocenters. The zero-order valence-electron chi connectivity index (χ0n) is 14.2. The van der Waals surface area contributed by atoms with E-state index in [0.717, 1.165) is 23.8 Å². The molecule has 0 heterocycles. The largest absolute Gasteiger partial charge is 0.507 e. The highest BCUT2D eigenvalue weighted by atomic mass is 16.6. The summed E-state index contributed by atoms with van der Waals surface area (Å²) in [5, 5.41) is 41.9. The van der Waals surface area contributed by atoms with E-state index < -0.39 is 28.0 Å².